The number of nitro groups is 1. The average Bonchev–Trinajstić information content (AvgIpc) is 2.84. The average molecular weight is 471 g/mol. The van der Waals surface area contributed by atoms with Gasteiger partial charge in [0.15, 0.2) is 17.7 Å². The van der Waals surface area contributed by atoms with Gasteiger partial charge in [-0.05, 0) is 29.8 Å². The summed E-state index contributed by atoms with van der Waals surface area (Å²) in [5.41, 5.74) is 13.2. The lowest BCUT2D eigenvalue weighted by molar-refractivity contribution is -0.384. The normalized spacial score (nSPS) is 13.8. The second-order valence-corrected chi connectivity index (χ2v) is 7.17. The highest BCUT2D eigenvalue weighted by Gasteiger charge is 2.30. The van der Waals surface area contributed by atoms with E-state index in [9.17, 15) is 15.4 Å². The second-order valence-electron chi connectivity index (χ2n) is 7.17. The van der Waals surface area contributed by atoms with E-state index < -0.39 is 11.0 Å². The number of nitriles is 2. The molecule has 13 heteroatoms. The molecule has 35 heavy (non-hydrogen) atoms. The Kier molecular flexibility index (Phi) is 5.90. The zero-order chi connectivity index (χ0) is 25.1. The Morgan fingerprint density at radius 3 is 2.54 bits per heavy atom. The molecule has 1 aliphatic heterocycles. The van der Waals surface area contributed by atoms with Gasteiger partial charge in [-0.3, -0.25) is 15.4 Å². The number of aliphatic imine (C=N–C) groups is 1. The number of ether oxygens (including phenoxy) is 2. The van der Waals surface area contributed by atoms with Gasteiger partial charge in [0.1, 0.15) is 35.1 Å². The summed E-state index contributed by atoms with van der Waals surface area (Å²) < 4.78 is 11.3. The first-order valence-corrected chi connectivity index (χ1v) is 9.95. The molecule has 0 aliphatic carbocycles. The molecular weight excluding hydrogens is 454 g/mol. The van der Waals surface area contributed by atoms with Crippen molar-refractivity contribution in [2.45, 2.75) is 6.04 Å². The topological polar surface area (TPSA) is 211 Å². The maximum atomic E-state index is 10.9. The smallest absolute Gasteiger partial charge is 0.269 e. The van der Waals surface area contributed by atoms with Crippen LogP contribution in [0.15, 0.2) is 47.5 Å². The molecule has 0 saturated carbocycles. The van der Waals surface area contributed by atoms with Crippen LogP contribution < -0.4 is 31.6 Å². The molecule has 4 rings (SSSR count). The van der Waals surface area contributed by atoms with Crippen LogP contribution in [0.4, 0.5) is 23.0 Å². The van der Waals surface area contributed by atoms with Crippen LogP contribution in [-0.4, -0.2) is 23.0 Å². The summed E-state index contributed by atoms with van der Waals surface area (Å²) in [5.74, 6) is 1.37. The Balaban J connectivity index is 1.76. The van der Waals surface area contributed by atoms with Crippen LogP contribution in [0.25, 0.3) is 0 Å². The third-order valence-corrected chi connectivity index (χ3v) is 5.14. The lowest BCUT2D eigenvalue weighted by atomic mass is 9.95. The van der Waals surface area contributed by atoms with Crippen molar-refractivity contribution in [2.75, 3.05) is 23.9 Å². The van der Waals surface area contributed by atoms with E-state index >= 15 is 0 Å². The highest BCUT2D eigenvalue weighted by Crippen LogP contribution is 2.43. The number of rotatable bonds is 5. The van der Waals surface area contributed by atoms with Gasteiger partial charge in [0.2, 0.25) is 5.96 Å². The minimum atomic E-state index is -0.760. The van der Waals surface area contributed by atoms with E-state index in [1.807, 2.05) is 6.07 Å². The van der Waals surface area contributed by atoms with Crippen LogP contribution in [0, 0.1) is 32.9 Å². The van der Waals surface area contributed by atoms with Gasteiger partial charge in [0.25, 0.3) is 5.69 Å². The van der Waals surface area contributed by atoms with Crippen LogP contribution in [0.1, 0.15) is 22.7 Å². The van der Waals surface area contributed by atoms with Gasteiger partial charge in [-0.15, -0.1) is 0 Å². The number of nitrogens with zero attached hydrogens (tertiary/aromatic N) is 5. The minimum Gasteiger partial charge on any atom is -0.493 e. The summed E-state index contributed by atoms with van der Waals surface area (Å²) >= 11 is 0. The first-order valence-electron chi connectivity index (χ1n) is 9.95. The minimum absolute atomic E-state index is 0.0209. The first kappa shape index (κ1) is 22.6. The highest BCUT2D eigenvalue weighted by molar-refractivity contribution is 5.98. The molecule has 1 unspecified atom stereocenters. The molecule has 0 spiro atoms. The Morgan fingerprint density at radius 1 is 1.17 bits per heavy atom. The van der Waals surface area contributed by atoms with Gasteiger partial charge in [-0.25, -0.2) is 9.98 Å². The number of nitro benzene ring substituents is 1. The van der Waals surface area contributed by atoms with Gasteiger partial charge < -0.3 is 26.3 Å². The molecule has 1 atom stereocenters. The summed E-state index contributed by atoms with van der Waals surface area (Å²) in [4.78, 5) is 19.1. The molecule has 6 N–H and O–H groups in total. The zero-order valence-electron chi connectivity index (χ0n) is 18.1. The third kappa shape index (κ3) is 4.24. The summed E-state index contributed by atoms with van der Waals surface area (Å²) in [6.07, 6.45) is 1.79. The van der Waals surface area contributed by atoms with E-state index in [1.165, 1.54) is 31.4 Å². The molecule has 3 aromatic rings. The number of anilines is 3. The molecule has 0 fully saturated rings. The van der Waals surface area contributed by atoms with E-state index in [0.29, 0.717) is 28.4 Å². The Bertz CT molecular complexity index is 1440. The second kappa shape index (κ2) is 9.13. The molecule has 0 saturated heterocycles. The number of hydrogen-bond acceptors (Lipinski definition) is 12. The molecular formula is C22H17N9O4. The maximum absolute atomic E-state index is 10.9. The van der Waals surface area contributed by atoms with Crippen molar-refractivity contribution >= 4 is 29.0 Å². The lowest BCUT2D eigenvalue weighted by Crippen LogP contribution is -2.32. The number of benzene rings is 2. The van der Waals surface area contributed by atoms with E-state index in [4.69, 9.17) is 26.2 Å². The quantitative estimate of drug-likeness (QED) is 0.184. The van der Waals surface area contributed by atoms with Gasteiger partial charge in [-0.2, -0.15) is 10.5 Å². The van der Waals surface area contributed by atoms with Crippen LogP contribution in [0.2, 0.25) is 0 Å². The van der Waals surface area contributed by atoms with E-state index in [2.05, 4.69) is 20.6 Å². The number of methoxy groups -OCH3 is 1. The largest absolute Gasteiger partial charge is 0.493 e. The summed E-state index contributed by atoms with van der Waals surface area (Å²) in [7, 11) is 1.45. The number of non-ortho nitro benzene ring substituents is 1. The van der Waals surface area contributed by atoms with Crippen molar-refractivity contribution in [3.63, 3.8) is 0 Å². The number of aromatic nitrogens is 1. The van der Waals surface area contributed by atoms with Crippen molar-refractivity contribution in [1.82, 2.24) is 10.3 Å². The van der Waals surface area contributed by atoms with Crippen LogP contribution in [0.5, 0.6) is 17.2 Å². The molecule has 13 nitrogen and oxygen atoms in total. The molecule has 0 bridgehead atoms. The summed E-state index contributed by atoms with van der Waals surface area (Å²) in [6, 6.07) is 11.8. The van der Waals surface area contributed by atoms with Crippen molar-refractivity contribution in [2.24, 2.45) is 4.99 Å². The summed E-state index contributed by atoms with van der Waals surface area (Å²) in [5, 5.41) is 34.7. The van der Waals surface area contributed by atoms with Gasteiger partial charge >= 0.3 is 0 Å². The maximum Gasteiger partial charge on any atom is 0.269 e. The number of guanidine groups is 1. The van der Waals surface area contributed by atoms with Crippen molar-refractivity contribution in [1.29, 1.82) is 10.5 Å². The molecule has 2 heterocycles. The molecule has 1 aliphatic rings. The Hall–Kier alpha value is -5.56. The van der Waals surface area contributed by atoms with Crippen molar-refractivity contribution < 1.29 is 14.4 Å². The fraction of sp³-hybridized carbons (Fsp3) is 0.0909. The van der Waals surface area contributed by atoms with Crippen LogP contribution in [0.3, 0.4) is 0 Å². The van der Waals surface area contributed by atoms with Crippen molar-refractivity contribution in [3.05, 3.63) is 69.3 Å². The Labute approximate surface area is 198 Å². The lowest BCUT2D eigenvalue weighted by Gasteiger charge is -2.26. The number of pyridine rings is 1. The molecule has 2 aromatic carbocycles. The first-order chi connectivity index (χ1) is 16.9. The van der Waals surface area contributed by atoms with E-state index in [-0.39, 0.29) is 34.5 Å². The monoisotopic (exact) mass is 471 g/mol. The van der Waals surface area contributed by atoms with Crippen LogP contribution >= 0.6 is 0 Å². The number of fused-ring (bicyclic) bond motifs is 1. The molecule has 174 valence electrons. The number of nitrogens with one attached hydrogen (secondary N) is 2. The third-order valence-electron chi connectivity index (χ3n) is 5.14. The highest BCUT2D eigenvalue weighted by atomic mass is 16.6. The van der Waals surface area contributed by atoms with Gasteiger partial charge in [0.05, 0.1) is 17.7 Å². The van der Waals surface area contributed by atoms with Gasteiger partial charge in [-0.1, -0.05) is 6.07 Å². The Morgan fingerprint density at radius 2 is 1.91 bits per heavy atom. The van der Waals surface area contributed by atoms with Crippen molar-refractivity contribution in [3.8, 4) is 29.5 Å². The zero-order valence-corrected chi connectivity index (χ0v) is 18.1. The molecule has 1 aromatic heterocycles. The standard InChI is InChI=1S/C22H17N9O4/c1-34-16-8-11(2-7-15(16)35-13-5-3-12(4-6-13)31(32)33)19-17-18(25)14(9-23)20(26)29-21(17)30-22(28-19)27-10-24/h2-8,19H,1H3,(H6,25,26,27,28,29,30). The fourth-order valence-electron chi connectivity index (χ4n) is 3.52. The molecule has 0 amide bonds. The van der Waals surface area contributed by atoms with E-state index in [0.717, 1.165) is 0 Å². The predicted octanol–water partition coefficient (Wildman–Crippen LogP) is 2.77. The fourth-order valence-corrected chi connectivity index (χ4v) is 3.52. The summed E-state index contributed by atoms with van der Waals surface area (Å²) in [6.45, 7) is 0. The molecule has 0 radical (unpaired) electrons. The predicted molar refractivity (Wildman–Crippen MR) is 126 cm³/mol. The van der Waals surface area contributed by atoms with Gasteiger partial charge in [0, 0.05) is 17.7 Å². The SMILES string of the molecule is COc1cc(C2N=C(NC#N)Nc3nc(N)c(C#N)c(N)c32)ccc1Oc1ccc([N+](=O)[O-])cc1. The van der Waals surface area contributed by atoms with E-state index in [1.54, 1.807) is 24.4 Å². The van der Waals surface area contributed by atoms with Crippen LogP contribution in [-0.2, 0) is 0 Å². The number of nitrogens with two attached hydrogens (primary N) is 2. The number of nitrogen functional groups attached to an aromatic ring is 2. The number of hydrogen-bond donors (Lipinski definition) is 4.